The monoisotopic (exact) mass is 1520 g/mol. The summed E-state index contributed by atoms with van der Waals surface area (Å²) in [4.78, 5) is 73.1. The van der Waals surface area contributed by atoms with Crippen molar-refractivity contribution in [1.82, 2.24) is 0 Å². The number of ether oxygens (including phenoxy) is 4. The van der Waals surface area contributed by atoms with E-state index in [1.807, 2.05) is 0 Å². The normalized spacial score (nSPS) is 13.8. The number of carbonyl (C=O) groups excluding carboxylic acids is 4. The van der Waals surface area contributed by atoms with Crippen LogP contribution in [0.4, 0.5) is 0 Å². The minimum atomic E-state index is -4.96. The molecule has 0 heterocycles. The highest BCUT2D eigenvalue weighted by atomic mass is 31.2. The summed E-state index contributed by atoms with van der Waals surface area (Å²) in [6, 6.07) is 0. The van der Waals surface area contributed by atoms with Crippen molar-refractivity contribution in [3.8, 4) is 0 Å². The van der Waals surface area contributed by atoms with E-state index >= 15 is 0 Å². The standard InChI is InChI=1S/C85H166O17P2/c1-6-9-12-15-18-21-24-26-27-28-29-30-31-32-33-36-41-46-51-56-61-66-71-85(90)102-81(75-96-83(88)69-64-59-54-49-44-40-37-34-35-39-43-47-52-57-62-67-78(4)5)77-100-104(93,94)98-73-79(86)72-97-103(91,92)99-76-80(74-95-82(87)68-63-58-53-48-42-23-20-17-14-11-8-3)101-84(89)70-65-60-55-50-45-38-25-22-19-16-13-10-7-2/h78-81,86H,6-77H2,1-5H3,(H,91,92)(H,93,94)/t79-,80+,81+/m0/s1. The fourth-order valence-corrected chi connectivity index (χ4v) is 14.9. The number of phosphoric ester groups is 2. The lowest BCUT2D eigenvalue weighted by Crippen LogP contribution is -2.30. The number of esters is 4. The van der Waals surface area contributed by atoms with Gasteiger partial charge < -0.3 is 33.8 Å². The Hall–Kier alpha value is -1.94. The SMILES string of the molecule is CCCCCCCCCCCCCCCCCCCCCCCCC(=O)O[C@H](COC(=O)CCCCCCCCCCCCCCCCCC(C)C)COP(=O)(O)OC[C@@H](O)COP(=O)(O)OC[C@@H](COC(=O)CCCCCCCCCCCCC)OC(=O)CCCCCCCCCCCCCCC. The Morgan fingerprint density at radius 1 is 0.260 bits per heavy atom. The molecule has 0 aliphatic rings. The van der Waals surface area contributed by atoms with Crippen LogP contribution in [0.25, 0.3) is 0 Å². The highest BCUT2D eigenvalue weighted by molar-refractivity contribution is 7.47. The van der Waals surface area contributed by atoms with Crippen LogP contribution in [0.5, 0.6) is 0 Å². The summed E-state index contributed by atoms with van der Waals surface area (Å²) in [5.74, 6) is -1.29. The quantitative estimate of drug-likeness (QED) is 0.0222. The molecule has 0 aliphatic carbocycles. The van der Waals surface area contributed by atoms with Crippen molar-refractivity contribution in [3.63, 3.8) is 0 Å². The van der Waals surface area contributed by atoms with Gasteiger partial charge in [-0.25, -0.2) is 9.13 Å². The van der Waals surface area contributed by atoms with Crippen molar-refractivity contribution in [1.29, 1.82) is 0 Å². The first-order valence-electron chi connectivity index (χ1n) is 44.1. The van der Waals surface area contributed by atoms with E-state index in [-0.39, 0.29) is 25.7 Å². The summed E-state index contributed by atoms with van der Waals surface area (Å²) in [6.07, 6.45) is 70.8. The number of aliphatic hydroxyl groups excluding tert-OH is 1. The van der Waals surface area contributed by atoms with Crippen LogP contribution in [0.1, 0.15) is 458 Å². The van der Waals surface area contributed by atoms with E-state index in [0.717, 1.165) is 95.8 Å². The van der Waals surface area contributed by atoms with Gasteiger partial charge in [0.2, 0.25) is 0 Å². The Bertz CT molecular complexity index is 1980. The molecule has 104 heavy (non-hydrogen) atoms. The Labute approximate surface area is 638 Å². The molecular formula is C85H166O17P2. The van der Waals surface area contributed by atoms with E-state index in [4.69, 9.17) is 37.0 Å². The summed E-state index contributed by atoms with van der Waals surface area (Å²) in [7, 11) is -9.92. The minimum absolute atomic E-state index is 0.108. The first kappa shape index (κ1) is 102. The average molecular weight is 1520 g/mol. The second-order valence-corrected chi connectivity index (χ2v) is 34.0. The molecule has 0 rings (SSSR count). The highest BCUT2D eigenvalue weighted by Gasteiger charge is 2.30. The van der Waals surface area contributed by atoms with Crippen molar-refractivity contribution in [2.45, 2.75) is 477 Å². The van der Waals surface area contributed by atoms with Gasteiger partial charge in [0.15, 0.2) is 12.2 Å². The highest BCUT2D eigenvalue weighted by Crippen LogP contribution is 2.45. The summed E-state index contributed by atoms with van der Waals surface area (Å²) >= 11 is 0. The first-order chi connectivity index (χ1) is 50.5. The Balaban J connectivity index is 5.22. The first-order valence-corrected chi connectivity index (χ1v) is 47.1. The van der Waals surface area contributed by atoms with Gasteiger partial charge in [0, 0.05) is 25.7 Å². The zero-order valence-corrected chi connectivity index (χ0v) is 70.0. The van der Waals surface area contributed by atoms with Crippen molar-refractivity contribution < 1.29 is 80.2 Å². The van der Waals surface area contributed by atoms with E-state index in [1.165, 1.54) is 283 Å². The maximum absolute atomic E-state index is 13.1. The number of hydrogen-bond acceptors (Lipinski definition) is 15. The number of unbranched alkanes of at least 4 members (excludes halogenated alkanes) is 57. The lowest BCUT2D eigenvalue weighted by atomic mass is 10.0. The van der Waals surface area contributed by atoms with Crippen molar-refractivity contribution in [3.05, 3.63) is 0 Å². The van der Waals surface area contributed by atoms with Gasteiger partial charge in [-0.2, -0.15) is 0 Å². The molecule has 0 aromatic rings. The summed E-state index contributed by atoms with van der Waals surface area (Å²) < 4.78 is 68.8. The molecule has 0 saturated carbocycles. The molecule has 0 aliphatic heterocycles. The van der Waals surface area contributed by atoms with Gasteiger partial charge >= 0.3 is 39.5 Å². The average Bonchev–Trinajstić information content (AvgIpc) is 0.903. The van der Waals surface area contributed by atoms with Crippen LogP contribution < -0.4 is 0 Å². The predicted octanol–water partition coefficient (Wildman–Crippen LogP) is 26.0. The van der Waals surface area contributed by atoms with Gasteiger partial charge in [0.25, 0.3) is 0 Å². The molecular weight excluding hydrogens is 1350 g/mol. The van der Waals surface area contributed by atoms with E-state index in [1.54, 1.807) is 0 Å². The maximum Gasteiger partial charge on any atom is 0.472 e. The van der Waals surface area contributed by atoms with Gasteiger partial charge in [-0.1, -0.05) is 407 Å². The number of aliphatic hydroxyl groups is 1. The minimum Gasteiger partial charge on any atom is -0.462 e. The van der Waals surface area contributed by atoms with Crippen LogP contribution in [0.3, 0.4) is 0 Å². The number of hydrogen-bond donors (Lipinski definition) is 3. The molecule has 0 spiro atoms. The van der Waals surface area contributed by atoms with Gasteiger partial charge in [-0.05, 0) is 31.6 Å². The lowest BCUT2D eigenvalue weighted by Gasteiger charge is -2.21. The Morgan fingerprint density at radius 2 is 0.442 bits per heavy atom. The predicted molar refractivity (Wildman–Crippen MR) is 428 cm³/mol. The Morgan fingerprint density at radius 3 is 0.654 bits per heavy atom. The fraction of sp³-hybridized carbons (Fsp3) is 0.953. The van der Waals surface area contributed by atoms with Gasteiger partial charge in [-0.3, -0.25) is 37.3 Å². The molecule has 0 fully saturated rings. The van der Waals surface area contributed by atoms with Crippen molar-refractivity contribution in [2.24, 2.45) is 5.92 Å². The van der Waals surface area contributed by atoms with Crippen molar-refractivity contribution in [2.75, 3.05) is 39.6 Å². The van der Waals surface area contributed by atoms with Crippen LogP contribution in [-0.4, -0.2) is 96.7 Å². The van der Waals surface area contributed by atoms with E-state index in [9.17, 15) is 43.2 Å². The maximum atomic E-state index is 13.1. The largest absolute Gasteiger partial charge is 0.472 e. The second kappa shape index (κ2) is 77.8. The Kier molecular flexibility index (Phi) is 76.3. The third-order valence-electron chi connectivity index (χ3n) is 20.0. The molecule has 0 radical (unpaired) electrons. The molecule has 19 heteroatoms. The number of phosphoric acid groups is 2. The lowest BCUT2D eigenvalue weighted by molar-refractivity contribution is -0.161. The van der Waals surface area contributed by atoms with Crippen molar-refractivity contribution >= 4 is 39.5 Å². The topological polar surface area (TPSA) is 237 Å². The summed E-state index contributed by atoms with van der Waals surface area (Å²) in [5, 5.41) is 10.7. The molecule has 3 N–H and O–H groups in total. The number of carbonyl (C=O) groups is 4. The van der Waals surface area contributed by atoms with Crippen LogP contribution >= 0.6 is 15.6 Å². The zero-order chi connectivity index (χ0) is 76.2. The molecule has 0 amide bonds. The van der Waals surface area contributed by atoms with Gasteiger partial charge in [0.05, 0.1) is 26.4 Å². The zero-order valence-electron chi connectivity index (χ0n) is 68.2. The molecule has 5 atom stereocenters. The van der Waals surface area contributed by atoms with Crippen LogP contribution in [0, 0.1) is 5.92 Å². The summed E-state index contributed by atoms with van der Waals surface area (Å²) in [6.45, 7) is 7.38. The molecule has 0 aromatic heterocycles. The molecule has 0 saturated heterocycles. The third kappa shape index (κ3) is 78.2. The van der Waals surface area contributed by atoms with E-state index in [2.05, 4.69) is 34.6 Å². The number of rotatable bonds is 85. The van der Waals surface area contributed by atoms with Crippen LogP contribution in [0.15, 0.2) is 0 Å². The second-order valence-electron chi connectivity index (χ2n) is 31.1. The van der Waals surface area contributed by atoms with Crippen LogP contribution in [0.2, 0.25) is 0 Å². The van der Waals surface area contributed by atoms with Gasteiger partial charge in [-0.15, -0.1) is 0 Å². The molecule has 17 nitrogen and oxygen atoms in total. The smallest absolute Gasteiger partial charge is 0.462 e. The third-order valence-corrected chi connectivity index (χ3v) is 21.9. The molecule has 0 aromatic carbocycles. The van der Waals surface area contributed by atoms with E-state index in [0.29, 0.717) is 25.7 Å². The molecule has 2 unspecified atom stereocenters. The van der Waals surface area contributed by atoms with Crippen LogP contribution in [-0.2, 0) is 65.4 Å². The summed E-state index contributed by atoms with van der Waals surface area (Å²) in [5.41, 5.74) is 0. The van der Waals surface area contributed by atoms with Gasteiger partial charge in [0.1, 0.15) is 19.3 Å². The van der Waals surface area contributed by atoms with E-state index < -0.39 is 97.5 Å². The molecule has 0 bridgehead atoms. The fourth-order valence-electron chi connectivity index (χ4n) is 13.3. The molecule has 618 valence electrons.